The minimum atomic E-state index is -4.03. The second-order valence-corrected chi connectivity index (χ2v) is 8.11. The number of nitro groups is 1. The molecule has 0 bridgehead atoms. The van der Waals surface area contributed by atoms with Crippen molar-refractivity contribution in [1.82, 2.24) is 9.62 Å². The molecular weight excluding hydrogens is 386 g/mol. The quantitative estimate of drug-likeness (QED) is 0.457. The van der Waals surface area contributed by atoms with Crippen molar-refractivity contribution in [3.8, 4) is 0 Å². The van der Waals surface area contributed by atoms with E-state index in [2.05, 4.69) is 10.1 Å². The van der Waals surface area contributed by atoms with Gasteiger partial charge in [0.05, 0.1) is 17.6 Å². The summed E-state index contributed by atoms with van der Waals surface area (Å²) >= 11 is 0. The molecule has 148 valence electrons. The Morgan fingerprint density at radius 1 is 1.21 bits per heavy atom. The molecule has 1 unspecified atom stereocenters. The molecule has 2 aromatic carbocycles. The summed E-state index contributed by atoms with van der Waals surface area (Å²) < 4.78 is 31.9. The molecule has 9 nitrogen and oxygen atoms in total. The van der Waals surface area contributed by atoms with Crippen molar-refractivity contribution in [2.45, 2.75) is 10.9 Å². The first-order chi connectivity index (χ1) is 13.3. The van der Waals surface area contributed by atoms with E-state index < -0.39 is 26.6 Å². The molecular formula is C18H19N3O6S. The molecule has 10 heteroatoms. The lowest BCUT2D eigenvalue weighted by Crippen LogP contribution is -2.48. The van der Waals surface area contributed by atoms with Crippen LogP contribution in [0, 0.1) is 10.1 Å². The van der Waals surface area contributed by atoms with E-state index in [1.165, 1.54) is 35.7 Å². The molecule has 1 saturated heterocycles. The summed E-state index contributed by atoms with van der Waals surface area (Å²) in [6.07, 6.45) is 0. The fourth-order valence-electron chi connectivity index (χ4n) is 3.10. The summed E-state index contributed by atoms with van der Waals surface area (Å²) in [6.45, 7) is 0.709. The second kappa shape index (κ2) is 8.05. The van der Waals surface area contributed by atoms with Crippen molar-refractivity contribution in [3.05, 3.63) is 69.8 Å². The first kappa shape index (κ1) is 19.9. The number of carbonyl (C=O) groups is 1. The van der Waals surface area contributed by atoms with Crippen LogP contribution in [0.15, 0.2) is 53.4 Å². The van der Waals surface area contributed by atoms with Crippen molar-refractivity contribution in [2.24, 2.45) is 0 Å². The van der Waals surface area contributed by atoms with E-state index >= 15 is 0 Å². The van der Waals surface area contributed by atoms with Gasteiger partial charge in [-0.05, 0) is 23.8 Å². The Kier molecular flexibility index (Phi) is 5.73. The fraction of sp³-hybridized carbons (Fsp3) is 0.278. The smallest absolute Gasteiger partial charge is 0.337 e. The van der Waals surface area contributed by atoms with E-state index in [0.717, 1.165) is 5.56 Å². The Morgan fingerprint density at radius 3 is 2.54 bits per heavy atom. The van der Waals surface area contributed by atoms with Crippen LogP contribution in [0.2, 0.25) is 0 Å². The third-order valence-electron chi connectivity index (χ3n) is 4.55. The molecule has 0 amide bonds. The van der Waals surface area contributed by atoms with Crippen molar-refractivity contribution >= 4 is 21.7 Å². The predicted molar refractivity (Wildman–Crippen MR) is 100 cm³/mol. The third-order valence-corrected chi connectivity index (χ3v) is 6.46. The molecule has 1 aliphatic rings. The summed E-state index contributed by atoms with van der Waals surface area (Å²) in [6, 6.07) is 11.7. The summed E-state index contributed by atoms with van der Waals surface area (Å²) in [5, 5.41) is 14.5. The van der Waals surface area contributed by atoms with Crippen LogP contribution in [-0.2, 0) is 14.8 Å². The molecule has 0 saturated carbocycles. The molecule has 1 atom stereocenters. The van der Waals surface area contributed by atoms with Gasteiger partial charge in [0, 0.05) is 31.7 Å². The number of hydrogen-bond acceptors (Lipinski definition) is 7. The maximum absolute atomic E-state index is 13.0. The number of ether oxygens (including phenoxy) is 1. The molecule has 1 aliphatic heterocycles. The van der Waals surface area contributed by atoms with Crippen molar-refractivity contribution in [2.75, 3.05) is 26.7 Å². The van der Waals surface area contributed by atoms with Gasteiger partial charge in [0.2, 0.25) is 10.0 Å². The first-order valence-corrected chi connectivity index (χ1v) is 9.94. The first-order valence-electron chi connectivity index (χ1n) is 8.50. The molecule has 0 spiro atoms. The van der Waals surface area contributed by atoms with Crippen LogP contribution in [0.3, 0.4) is 0 Å². The Hall–Kier alpha value is -2.82. The lowest BCUT2D eigenvalue weighted by molar-refractivity contribution is -0.387. The normalized spacial score (nSPS) is 17.8. The topological polar surface area (TPSA) is 119 Å². The minimum Gasteiger partial charge on any atom is -0.465 e. The van der Waals surface area contributed by atoms with Gasteiger partial charge < -0.3 is 10.1 Å². The van der Waals surface area contributed by atoms with Crippen molar-refractivity contribution in [3.63, 3.8) is 0 Å². The maximum Gasteiger partial charge on any atom is 0.337 e. The van der Waals surface area contributed by atoms with E-state index in [1.807, 2.05) is 0 Å². The number of nitrogens with one attached hydrogen (secondary N) is 1. The Morgan fingerprint density at radius 2 is 1.89 bits per heavy atom. The number of nitrogens with zero attached hydrogens (tertiary/aromatic N) is 2. The molecule has 0 aromatic heterocycles. The van der Waals surface area contributed by atoms with E-state index in [4.69, 9.17) is 0 Å². The number of nitro benzene ring substituents is 1. The van der Waals surface area contributed by atoms with Gasteiger partial charge >= 0.3 is 5.97 Å². The second-order valence-electron chi connectivity index (χ2n) is 6.21. The summed E-state index contributed by atoms with van der Waals surface area (Å²) in [5.41, 5.74) is 0.751. The van der Waals surface area contributed by atoms with Gasteiger partial charge in [0.15, 0.2) is 4.90 Å². The lowest BCUT2D eigenvalue weighted by Gasteiger charge is -2.33. The highest BCUT2D eigenvalue weighted by Crippen LogP contribution is 2.29. The molecule has 28 heavy (non-hydrogen) atoms. The highest BCUT2D eigenvalue weighted by atomic mass is 32.2. The van der Waals surface area contributed by atoms with Gasteiger partial charge in [0.1, 0.15) is 0 Å². The maximum atomic E-state index is 13.0. The summed E-state index contributed by atoms with van der Waals surface area (Å²) in [7, 11) is -2.73. The molecule has 2 aromatic rings. The van der Waals surface area contributed by atoms with Gasteiger partial charge in [-0.25, -0.2) is 13.2 Å². The summed E-state index contributed by atoms with van der Waals surface area (Å²) in [4.78, 5) is 21.8. The Labute approximate surface area is 162 Å². The highest BCUT2D eigenvalue weighted by molar-refractivity contribution is 7.89. The zero-order chi connectivity index (χ0) is 20.3. The van der Waals surface area contributed by atoms with Gasteiger partial charge in [-0.15, -0.1) is 0 Å². The predicted octanol–water partition coefficient (Wildman–Crippen LogP) is 1.72. The molecule has 1 heterocycles. The number of carbonyl (C=O) groups excluding carboxylic acids is 1. The number of esters is 1. The van der Waals surface area contributed by atoms with Crippen LogP contribution < -0.4 is 5.32 Å². The van der Waals surface area contributed by atoms with Crippen LogP contribution in [-0.4, -0.2) is 50.4 Å². The van der Waals surface area contributed by atoms with Gasteiger partial charge in [-0.1, -0.05) is 24.3 Å². The van der Waals surface area contributed by atoms with E-state index in [1.54, 1.807) is 24.3 Å². The minimum absolute atomic E-state index is 0.117. The average molecular weight is 405 g/mol. The molecule has 3 rings (SSSR count). The van der Waals surface area contributed by atoms with Gasteiger partial charge in [-0.3, -0.25) is 10.1 Å². The Balaban J connectivity index is 1.85. The zero-order valence-corrected chi connectivity index (χ0v) is 15.9. The number of hydrogen-bond donors (Lipinski definition) is 1. The number of para-hydroxylation sites is 1. The number of methoxy groups -OCH3 is 1. The van der Waals surface area contributed by atoms with Crippen molar-refractivity contribution in [1.29, 1.82) is 0 Å². The van der Waals surface area contributed by atoms with Crippen LogP contribution in [0.25, 0.3) is 0 Å². The lowest BCUT2D eigenvalue weighted by atomic mass is 10.0. The number of sulfonamides is 1. The van der Waals surface area contributed by atoms with Crippen LogP contribution in [0.5, 0.6) is 0 Å². The van der Waals surface area contributed by atoms with Crippen molar-refractivity contribution < 1.29 is 22.9 Å². The fourth-order valence-corrected chi connectivity index (χ4v) is 4.71. The van der Waals surface area contributed by atoms with E-state index in [0.29, 0.717) is 12.1 Å². The van der Waals surface area contributed by atoms with Crippen LogP contribution in [0.4, 0.5) is 5.69 Å². The molecule has 1 N–H and O–H groups in total. The monoisotopic (exact) mass is 405 g/mol. The van der Waals surface area contributed by atoms with Crippen LogP contribution >= 0.6 is 0 Å². The zero-order valence-electron chi connectivity index (χ0n) is 15.1. The van der Waals surface area contributed by atoms with E-state index in [9.17, 15) is 23.3 Å². The van der Waals surface area contributed by atoms with Gasteiger partial charge in [0.25, 0.3) is 5.69 Å². The standard InChI is InChI=1S/C18H19N3O6S/c1-27-18(22)14-8-6-13(7-9-14)15-12-20(11-10-19-15)28(25,26)17-5-3-2-4-16(17)21(23)24/h2-9,15,19H,10-12H2,1H3. The molecule has 1 fully saturated rings. The van der Waals surface area contributed by atoms with Gasteiger partial charge in [-0.2, -0.15) is 4.31 Å². The number of rotatable bonds is 5. The SMILES string of the molecule is COC(=O)c1ccc(C2CN(S(=O)(=O)c3ccccc3[N+](=O)[O-])CCN2)cc1. The third kappa shape index (κ3) is 3.88. The average Bonchev–Trinajstić information content (AvgIpc) is 2.73. The number of benzene rings is 2. The molecule has 0 radical (unpaired) electrons. The summed E-state index contributed by atoms with van der Waals surface area (Å²) in [5.74, 6) is -0.455. The molecule has 0 aliphatic carbocycles. The number of piperazine rings is 1. The highest BCUT2D eigenvalue weighted by Gasteiger charge is 2.34. The van der Waals surface area contributed by atoms with E-state index in [-0.39, 0.29) is 24.0 Å². The Bertz CT molecular complexity index is 991. The van der Waals surface area contributed by atoms with Crippen LogP contribution in [0.1, 0.15) is 22.0 Å². The largest absolute Gasteiger partial charge is 0.465 e.